The topological polar surface area (TPSA) is 127 Å². The van der Waals surface area contributed by atoms with Gasteiger partial charge in [-0.1, -0.05) is 43.7 Å². The third-order valence-corrected chi connectivity index (χ3v) is 6.54. The summed E-state index contributed by atoms with van der Waals surface area (Å²) in [6, 6.07) is 8.99. The Hall–Kier alpha value is -3.27. The number of rotatable bonds is 10. The van der Waals surface area contributed by atoms with E-state index in [1.807, 2.05) is 51.1 Å². The van der Waals surface area contributed by atoms with Crippen LogP contribution in [0.2, 0.25) is 0 Å². The van der Waals surface area contributed by atoms with E-state index in [4.69, 9.17) is 0 Å². The van der Waals surface area contributed by atoms with Crippen molar-refractivity contribution in [2.75, 3.05) is 10.5 Å². The molecule has 0 aliphatic heterocycles. The Balaban J connectivity index is 1.94. The fourth-order valence-electron chi connectivity index (χ4n) is 3.43. The molecule has 0 fully saturated rings. The Labute approximate surface area is 193 Å². The second-order valence-corrected chi connectivity index (χ2v) is 9.78. The Morgan fingerprint density at radius 3 is 2.42 bits per heavy atom. The maximum Gasteiger partial charge on any atom is 0.282 e. The summed E-state index contributed by atoms with van der Waals surface area (Å²) in [6.45, 7) is 5.70. The first-order valence-electron chi connectivity index (χ1n) is 10.9. The van der Waals surface area contributed by atoms with Gasteiger partial charge >= 0.3 is 0 Å². The molecule has 2 heterocycles. The number of hydrogen-bond donors (Lipinski definition) is 2. The molecule has 0 spiro atoms. The molecule has 2 aromatic heterocycles. The van der Waals surface area contributed by atoms with Crippen LogP contribution in [0.15, 0.2) is 47.5 Å². The number of aromatic hydroxyl groups is 1. The quantitative estimate of drug-likeness (QED) is 0.465. The summed E-state index contributed by atoms with van der Waals surface area (Å²) in [4.78, 5) is 25.8. The van der Waals surface area contributed by atoms with Gasteiger partial charge in [0.25, 0.3) is 5.56 Å². The largest absolute Gasteiger partial charge is 0.492 e. The molecule has 0 amide bonds. The molecule has 0 bridgehead atoms. The van der Waals surface area contributed by atoms with Crippen molar-refractivity contribution in [1.82, 2.24) is 19.5 Å². The Morgan fingerprint density at radius 1 is 1.12 bits per heavy atom. The normalized spacial score (nSPS) is 12.5. The molecule has 0 unspecified atom stereocenters. The van der Waals surface area contributed by atoms with Gasteiger partial charge in [-0.2, -0.15) is 4.98 Å². The summed E-state index contributed by atoms with van der Waals surface area (Å²) < 4.78 is 29.1. The van der Waals surface area contributed by atoms with Crippen LogP contribution in [0.25, 0.3) is 0 Å². The first-order valence-corrected chi connectivity index (χ1v) is 12.5. The minimum absolute atomic E-state index is 0.0625. The fraction of sp³-hybridized carbons (Fsp3) is 0.391. The van der Waals surface area contributed by atoms with E-state index in [2.05, 4.69) is 19.7 Å². The van der Waals surface area contributed by atoms with E-state index in [0.29, 0.717) is 18.1 Å². The number of sulfonamides is 1. The molecule has 0 aliphatic rings. The van der Waals surface area contributed by atoms with E-state index in [1.165, 1.54) is 4.57 Å². The maximum atomic E-state index is 13.4. The van der Waals surface area contributed by atoms with Gasteiger partial charge in [0.2, 0.25) is 15.9 Å². The van der Waals surface area contributed by atoms with Gasteiger partial charge in [0.15, 0.2) is 5.69 Å². The molecule has 0 radical (unpaired) electrons. The van der Waals surface area contributed by atoms with Gasteiger partial charge in [-0.05, 0) is 31.4 Å². The molecule has 33 heavy (non-hydrogen) atoms. The van der Waals surface area contributed by atoms with Crippen LogP contribution in [0.5, 0.6) is 5.88 Å². The lowest BCUT2D eigenvalue weighted by Crippen LogP contribution is -2.32. The average Bonchev–Trinajstić information content (AvgIpc) is 2.80. The van der Waals surface area contributed by atoms with Gasteiger partial charge in [-0.15, -0.1) is 0 Å². The third-order valence-electron chi connectivity index (χ3n) is 5.28. The van der Waals surface area contributed by atoms with Crippen molar-refractivity contribution in [2.24, 2.45) is 0 Å². The smallest absolute Gasteiger partial charge is 0.282 e. The monoisotopic (exact) mass is 471 g/mol. The van der Waals surface area contributed by atoms with E-state index < -0.39 is 33.2 Å². The summed E-state index contributed by atoms with van der Waals surface area (Å²) in [5, 5.41) is 10.5. The second kappa shape index (κ2) is 10.6. The van der Waals surface area contributed by atoms with Crippen molar-refractivity contribution < 1.29 is 13.5 Å². The number of anilines is 1. The van der Waals surface area contributed by atoms with Crippen LogP contribution in [0.3, 0.4) is 0 Å². The van der Waals surface area contributed by atoms with Gasteiger partial charge in [0.1, 0.15) is 11.6 Å². The molecule has 3 aromatic rings. The fourth-order valence-corrected chi connectivity index (χ4v) is 4.47. The van der Waals surface area contributed by atoms with Crippen LogP contribution in [-0.2, 0) is 22.9 Å². The van der Waals surface area contributed by atoms with Crippen LogP contribution in [-0.4, -0.2) is 38.8 Å². The predicted molar refractivity (Wildman–Crippen MR) is 127 cm³/mol. The Morgan fingerprint density at radius 2 is 1.79 bits per heavy atom. The van der Waals surface area contributed by atoms with E-state index >= 15 is 0 Å². The summed E-state index contributed by atoms with van der Waals surface area (Å²) in [5.74, 6) is -0.191. The van der Waals surface area contributed by atoms with Crippen molar-refractivity contribution >= 4 is 15.7 Å². The van der Waals surface area contributed by atoms with Crippen molar-refractivity contribution in [1.29, 1.82) is 0 Å². The zero-order valence-electron chi connectivity index (χ0n) is 19.0. The summed E-state index contributed by atoms with van der Waals surface area (Å²) in [6.07, 6.45) is 5.41. The maximum absolute atomic E-state index is 13.4. The first-order chi connectivity index (χ1) is 15.7. The summed E-state index contributed by atoms with van der Waals surface area (Å²) >= 11 is 0. The first kappa shape index (κ1) is 24.4. The van der Waals surface area contributed by atoms with E-state index in [0.717, 1.165) is 24.0 Å². The average molecular weight is 472 g/mol. The van der Waals surface area contributed by atoms with Gasteiger partial charge in [0.05, 0.1) is 11.8 Å². The van der Waals surface area contributed by atoms with Crippen LogP contribution in [0.1, 0.15) is 55.5 Å². The third kappa shape index (κ3) is 6.16. The standard InChI is InChI=1S/C23H29N5O4S/c1-4-5-11-20-26-22(29)21(23(30)28(20)17(3)18-9-7-6-8-10-18)27-33(31,32)13-12-19-24-14-16(2)15-25-19/h6-10,14-15,17,27,29H,4-5,11-13H2,1-3H3/t17-/m1/s1. The van der Waals surface area contributed by atoms with Gasteiger partial charge in [0, 0.05) is 25.2 Å². The Bertz CT molecular complexity index is 1240. The zero-order valence-corrected chi connectivity index (χ0v) is 19.8. The number of nitrogens with one attached hydrogen (secondary N) is 1. The minimum atomic E-state index is -3.97. The van der Waals surface area contributed by atoms with Gasteiger partial charge in [-0.3, -0.25) is 14.1 Å². The molecule has 176 valence electrons. The lowest BCUT2D eigenvalue weighted by atomic mass is 10.1. The Kier molecular flexibility index (Phi) is 7.80. The molecule has 1 aromatic carbocycles. The molecule has 0 saturated carbocycles. The number of nitrogens with zero attached hydrogens (tertiary/aromatic N) is 4. The van der Waals surface area contributed by atoms with Crippen LogP contribution < -0.4 is 10.3 Å². The van der Waals surface area contributed by atoms with E-state index in [1.54, 1.807) is 12.4 Å². The highest BCUT2D eigenvalue weighted by molar-refractivity contribution is 7.92. The van der Waals surface area contributed by atoms with Crippen LogP contribution in [0.4, 0.5) is 5.69 Å². The molecule has 9 nitrogen and oxygen atoms in total. The van der Waals surface area contributed by atoms with E-state index in [9.17, 15) is 18.3 Å². The lowest BCUT2D eigenvalue weighted by molar-refractivity contribution is 0.437. The number of aryl methyl sites for hydroxylation is 3. The van der Waals surface area contributed by atoms with Crippen LogP contribution in [0, 0.1) is 6.92 Å². The molecule has 0 aliphatic carbocycles. The summed E-state index contributed by atoms with van der Waals surface area (Å²) in [5.41, 5.74) is 0.644. The number of benzene rings is 1. The number of aromatic nitrogens is 4. The predicted octanol–water partition coefficient (Wildman–Crippen LogP) is 2.98. The second-order valence-electron chi connectivity index (χ2n) is 7.94. The zero-order chi connectivity index (χ0) is 24.0. The lowest BCUT2D eigenvalue weighted by Gasteiger charge is -2.21. The molecule has 1 atom stereocenters. The molecular formula is C23H29N5O4S. The van der Waals surface area contributed by atoms with Crippen molar-refractivity contribution in [2.45, 2.75) is 52.5 Å². The number of unbranched alkanes of at least 4 members (excludes halogenated alkanes) is 1. The number of hydrogen-bond acceptors (Lipinski definition) is 7. The molecule has 3 rings (SSSR count). The van der Waals surface area contributed by atoms with Gasteiger partial charge < -0.3 is 5.11 Å². The molecule has 0 saturated heterocycles. The minimum Gasteiger partial charge on any atom is -0.492 e. The van der Waals surface area contributed by atoms with Crippen molar-refractivity contribution in [3.8, 4) is 5.88 Å². The highest BCUT2D eigenvalue weighted by Gasteiger charge is 2.24. The van der Waals surface area contributed by atoms with E-state index in [-0.39, 0.29) is 12.2 Å². The molecular weight excluding hydrogens is 442 g/mol. The summed E-state index contributed by atoms with van der Waals surface area (Å²) in [7, 11) is -3.97. The highest BCUT2D eigenvalue weighted by Crippen LogP contribution is 2.24. The highest BCUT2D eigenvalue weighted by atomic mass is 32.2. The van der Waals surface area contributed by atoms with Crippen LogP contribution >= 0.6 is 0 Å². The van der Waals surface area contributed by atoms with Gasteiger partial charge in [-0.25, -0.2) is 18.4 Å². The molecule has 10 heteroatoms. The molecule has 2 N–H and O–H groups in total. The van der Waals surface area contributed by atoms with Crippen molar-refractivity contribution in [3.05, 3.63) is 75.9 Å². The SMILES string of the molecule is CCCCc1nc(O)c(NS(=O)(=O)CCc2ncc(C)cn2)c(=O)n1[C@H](C)c1ccccc1. The van der Waals surface area contributed by atoms with Crippen molar-refractivity contribution in [3.63, 3.8) is 0 Å².